The van der Waals surface area contributed by atoms with Crippen LogP contribution in [0.2, 0.25) is 0 Å². The topological polar surface area (TPSA) is 40.5 Å². The number of carboxylic acids is 1. The third-order valence-electron chi connectivity index (χ3n) is 4.62. The fourth-order valence-corrected chi connectivity index (χ4v) is 3.24. The normalized spacial score (nSPS) is 23.2. The van der Waals surface area contributed by atoms with Gasteiger partial charge in [0, 0.05) is 19.0 Å². The second-order valence-electron chi connectivity index (χ2n) is 6.06. The highest BCUT2D eigenvalue weighted by atomic mass is 16.4. The van der Waals surface area contributed by atoms with Crippen LogP contribution in [0, 0.1) is 11.8 Å². The zero-order valence-corrected chi connectivity index (χ0v) is 12.5. The first-order valence-electron chi connectivity index (χ1n) is 7.58. The molecular weight excluding hydrogens is 250 g/mol. The standard InChI is InChI=1S/C17H25NO2/c1-13(11-17(19)20)16-9-6-10-18(12-16)14(2)15-7-4-3-5-8-15/h3-5,7-8,13-14,16H,6,9-12H2,1-2H3,(H,19,20). The van der Waals surface area contributed by atoms with Crippen molar-refractivity contribution in [3.05, 3.63) is 35.9 Å². The molecule has 0 saturated carbocycles. The minimum atomic E-state index is -0.675. The van der Waals surface area contributed by atoms with E-state index < -0.39 is 5.97 Å². The van der Waals surface area contributed by atoms with Gasteiger partial charge >= 0.3 is 5.97 Å². The van der Waals surface area contributed by atoms with E-state index in [2.05, 4.69) is 43.0 Å². The third kappa shape index (κ3) is 3.83. The summed E-state index contributed by atoms with van der Waals surface area (Å²) in [5, 5.41) is 8.95. The fraction of sp³-hybridized carbons (Fsp3) is 0.588. The van der Waals surface area contributed by atoms with Crippen LogP contribution >= 0.6 is 0 Å². The molecule has 1 aromatic rings. The zero-order valence-electron chi connectivity index (χ0n) is 12.5. The lowest BCUT2D eigenvalue weighted by atomic mass is 9.84. The van der Waals surface area contributed by atoms with Crippen molar-refractivity contribution in [2.75, 3.05) is 13.1 Å². The van der Waals surface area contributed by atoms with E-state index in [1.807, 2.05) is 6.07 Å². The lowest BCUT2D eigenvalue weighted by Gasteiger charge is -2.39. The van der Waals surface area contributed by atoms with E-state index in [9.17, 15) is 4.79 Å². The average Bonchev–Trinajstić information content (AvgIpc) is 2.47. The van der Waals surface area contributed by atoms with Crippen molar-refractivity contribution >= 4 is 5.97 Å². The van der Waals surface area contributed by atoms with Crippen LogP contribution in [0.25, 0.3) is 0 Å². The van der Waals surface area contributed by atoms with Crippen molar-refractivity contribution in [2.45, 2.75) is 39.2 Å². The summed E-state index contributed by atoms with van der Waals surface area (Å²) in [6, 6.07) is 11.0. The molecule has 0 aliphatic carbocycles. The predicted octanol–water partition coefficient (Wildman–Crippen LogP) is 3.57. The van der Waals surface area contributed by atoms with Crippen LogP contribution in [0.4, 0.5) is 0 Å². The molecule has 0 amide bonds. The molecule has 3 unspecified atom stereocenters. The van der Waals surface area contributed by atoms with E-state index >= 15 is 0 Å². The lowest BCUT2D eigenvalue weighted by molar-refractivity contribution is -0.138. The van der Waals surface area contributed by atoms with Gasteiger partial charge < -0.3 is 5.11 Å². The Morgan fingerprint density at radius 1 is 1.35 bits per heavy atom. The molecule has 2 rings (SSSR count). The average molecular weight is 275 g/mol. The molecule has 110 valence electrons. The Morgan fingerprint density at radius 3 is 2.70 bits per heavy atom. The number of nitrogens with zero attached hydrogens (tertiary/aromatic N) is 1. The molecule has 3 atom stereocenters. The molecule has 3 nitrogen and oxygen atoms in total. The van der Waals surface area contributed by atoms with Gasteiger partial charge in [-0.2, -0.15) is 0 Å². The van der Waals surface area contributed by atoms with Crippen LogP contribution in [-0.4, -0.2) is 29.1 Å². The highest BCUT2D eigenvalue weighted by molar-refractivity contribution is 5.67. The van der Waals surface area contributed by atoms with Crippen LogP contribution in [0.15, 0.2) is 30.3 Å². The fourth-order valence-electron chi connectivity index (χ4n) is 3.24. The minimum absolute atomic E-state index is 0.262. The number of piperidine rings is 1. The molecular formula is C17H25NO2. The summed E-state index contributed by atoms with van der Waals surface area (Å²) in [5.41, 5.74) is 1.35. The number of hydrogen-bond donors (Lipinski definition) is 1. The summed E-state index contributed by atoms with van der Waals surface area (Å²) in [7, 11) is 0. The second kappa shape index (κ2) is 6.89. The number of aliphatic carboxylic acids is 1. The van der Waals surface area contributed by atoms with Crippen molar-refractivity contribution in [2.24, 2.45) is 11.8 Å². The van der Waals surface area contributed by atoms with Crippen LogP contribution in [0.5, 0.6) is 0 Å². The van der Waals surface area contributed by atoms with E-state index in [1.165, 1.54) is 12.0 Å². The molecule has 0 bridgehead atoms. The summed E-state index contributed by atoms with van der Waals surface area (Å²) in [4.78, 5) is 13.4. The van der Waals surface area contributed by atoms with E-state index in [0.29, 0.717) is 12.0 Å². The highest BCUT2D eigenvalue weighted by Gasteiger charge is 2.28. The number of rotatable bonds is 5. The van der Waals surface area contributed by atoms with Gasteiger partial charge in [-0.25, -0.2) is 0 Å². The summed E-state index contributed by atoms with van der Waals surface area (Å²) in [6.07, 6.45) is 2.62. The van der Waals surface area contributed by atoms with Crippen LogP contribution in [0.3, 0.4) is 0 Å². The maximum absolute atomic E-state index is 10.9. The van der Waals surface area contributed by atoms with Gasteiger partial charge in [0.15, 0.2) is 0 Å². The van der Waals surface area contributed by atoms with Crippen molar-refractivity contribution in [1.29, 1.82) is 0 Å². The molecule has 0 spiro atoms. The zero-order chi connectivity index (χ0) is 14.5. The summed E-state index contributed by atoms with van der Waals surface area (Å²) in [6.45, 7) is 6.46. The number of benzene rings is 1. The third-order valence-corrected chi connectivity index (χ3v) is 4.62. The maximum atomic E-state index is 10.9. The molecule has 0 radical (unpaired) electrons. The van der Waals surface area contributed by atoms with Gasteiger partial charge in [-0.3, -0.25) is 9.69 Å². The van der Waals surface area contributed by atoms with Crippen LogP contribution in [-0.2, 0) is 4.79 Å². The summed E-state index contributed by atoms with van der Waals surface area (Å²) >= 11 is 0. The Bertz CT molecular complexity index is 432. The molecule has 1 aliphatic rings. The summed E-state index contributed by atoms with van der Waals surface area (Å²) < 4.78 is 0. The van der Waals surface area contributed by atoms with Crippen molar-refractivity contribution < 1.29 is 9.90 Å². The molecule has 1 saturated heterocycles. The molecule has 1 heterocycles. The number of hydrogen-bond acceptors (Lipinski definition) is 2. The Morgan fingerprint density at radius 2 is 2.05 bits per heavy atom. The van der Waals surface area contributed by atoms with Crippen molar-refractivity contribution in [3.63, 3.8) is 0 Å². The summed E-state index contributed by atoms with van der Waals surface area (Å²) in [5.74, 6) is 0.0926. The Balaban J connectivity index is 1.98. The predicted molar refractivity (Wildman–Crippen MR) is 80.6 cm³/mol. The van der Waals surface area contributed by atoms with Crippen molar-refractivity contribution in [3.8, 4) is 0 Å². The quantitative estimate of drug-likeness (QED) is 0.893. The van der Waals surface area contributed by atoms with E-state index in [0.717, 1.165) is 19.5 Å². The lowest BCUT2D eigenvalue weighted by Crippen LogP contribution is -2.39. The van der Waals surface area contributed by atoms with Crippen LogP contribution in [0.1, 0.15) is 44.7 Å². The van der Waals surface area contributed by atoms with Gasteiger partial charge in [-0.15, -0.1) is 0 Å². The van der Waals surface area contributed by atoms with Crippen molar-refractivity contribution in [1.82, 2.24) is 4.90 Å². The minimum Gasteiger partial charge on any atom is -0.481 e. The molecule has 1 aliphatic heterocycles. The molecule has 3 heteroatoms. The van der Waals surface area contributed by atoms with Gasteiger partial charge in [0.2, 0.25) is 0 Å². The molecule has 1 N–H and O–H groups in total. The van der Waals surface area contributed by atoms with E-state index in [-0.39, 0.29) is 12.3 Å². The molecule has 0 aromatic heterocycles. The SMILES string of the molecule is CC(CC(=O)O)C1CCCN(C(C)c2ccccc2)C1. The molecule has 1 fully saturated rings. The number of carboxylic acid groups (broad SMARTS) is 1. The van der Waals surface area contributed by atoms with E-state index in [1.54, 1.807) is 0 Å². The van der Waals surface area contributed by atoms with Gasteiger partial charge in [0.25, 0.3) is 0 Å². The molecule has 1 aromatic carbocycles. The van der Waals surface area contributed by atoms with E-state index in [4.69, 9.17) is 5.11 Å². The second-order valence-corrected chi connectivity index (χ2v) is 6.06. The highest BCUT2D eigenvalue weighted by Crippen LogP contribution is 2.31. The smallest absolute Gasteiger partial charge is 0.303 e. The first kappa shape index (κ1) is 15.0. The van der Waals surface area contributed by atoms with Gasteiger partial charge in [-0.1, -0.05) is 37.3 Å². The Hall–Kier alpha value is -1.35. The molecule has 20 heavy (non-hydrogen) atoms. The van der Waals surface area contributed by atoms with Gasteiger partial charge in [0.05, 0.1) is 0 Å². The maximum Gasteiger partial charge on any atom is 0.303 e. The van der Waals surface area contributed by atoms with Crippen LogP contribution < -0.4 is 0 Å². The Kier molecular flexibility index (Phi) is 5.18. The number of carbonyl (C=O) groups is 1. The van der Waals surface area contributed by atoms with Gasteiger partial charge in [-0.05, 0) is 43.7 Å². The van der Waals surface area contributed by atoms with Gasteiger partial charge in [0.1, 0.15) is 0 Å². The number of likely N-dealkylation sites (tertiary alicyclic amines) is 1. The largest absolute Gasteiger partial charge is 0.481 e. The first-order chi connectivity index (χ1) is 9.58. The monoisotopic (exact) mass is 275 g/mol. The first-order valence-corrected chi connectivity index (χ1v) is 7.58. The Labute approximate surface area is 121 Å².